The minimum absolute atomic E-state index is 0.000162. The van der Waals surface area contributed by atoms with Gasteiger partial charge < -0.3 is 5.11 Å². The maximum Gasteiger partial charge on any atom is 0.137 e. The minimum atomic E-state index is -1.64. The molecule has 29 heavy (non-hydrogen) atoms. The van der Waals surface area contributed by atoms with E-state index in [2.05, 4.69) is 10.1 Å². The summed E-state index contributed by atoms with van der Waals surface area (Å²) in [7, 11) is 0. The number of nitrogens with zero attached hydrogens (tertiary/aromatic N) is 3. The Morgan fingerprint density at radius 2 is 2.00 bits per heavy atom. The third kappa shape index (κ3) is 5.01. The summed E-state index contributed by atoms with van der Waals surface area (Å²) in [5, 5.41) is 16.5. The van der Waals surface area contributed by atoms with E-state index in [1.54, 1.807) is 25.1 Å². The fraction of sp³-hybridized carbons (Fsp3) is 0.238. The summed E-state index contributed by atoms with van der Waals surface area (Å²) < 4.78 is 29.3. The molecular weight excluding hydrogens is 419 g/mol. The summed E-state index contributed by atoms with van der Waals surface area (Å²) in [6.45, 7) is 1.75. The average molecular weight is 438 g/mol. The topological polar surface area (TPSA) is 50.9 Å². The molecule has 0 aliphatic rings. The van der Waals surface area contributed by atoms with Gasteiger partial charge in [0, 0.05) is 21.7 Å². The number of benzene rings is 2. The molecule has 3 aromatic rings. The Kier molecular flexibility index (Phi) is 6.67. The number of hydrogen-bond donors (Lipinski definition) is 1. The van der Waals surface area contributed by atoms with Crippen molar-refractivity contribution < 1.29 is 13.9 Å². The first kappa shape index (κ1) is 21.4. The number of rotatable bonds is 7. The molecular formula is C21H19Cl2F2N3O. The van der Waals surface area contributed by atoms with Gasteiger partial charge in [-0.05, 0) is 36.1 Å². The van der Waals surface area contributed by atoms with Gasteiger partial charge in [0.2, 0.25) is 0 Å². The van der Waals surface area contributed by atoms with Crippen molar-refractivity contribution >= 4 is 29.3 Å². The van der Waals surface area contributed by atoms with Gasteiger partial charge >= 0.3 is 0 Å². The van der Waals surface area contributed by atoms with Crippen molar-refractivity contribution in [2.75, 3.05) is 0 Å². The molecule has 2 aromatic carbocycles. The number of hydrogen-bond acceptors (Lipinski definition) is 3. The smallest absolute Gasteiger partial charge is 0.137 e. The Morgan fingerprint density at radius 1 is 1.21 bits per heavy atom. The lowest BCUT2D eigenvalue weighted by atomic mass is 9.80. The van der Waals surface area contributed by atoms with E-state index in [0.29, 0.717) is 16.5 Å². The van der Waals surface area contributed by atoms with Crippen molar-refractivity contribution in [2.45, 2.75) is 25.5 Å². The highest BCUT2D eigenvalue weighted by Gasteiger charge is 2.38. The molecule has 0 radical (unpaired) electrons. The summed E-state index contributed by atoms with van der Waals surface area (Å²) in [6.07, 6.45) is 6.82. The monoisotopic (exact) mass is 437 g/mol. The quantitative estimate of drug-likeness (QED) is 0.531. The number of halogens is 4. The first-order chi connectivity index (χ1) is 13.8. The van der Waals surface area contributed by atoms with Gasteiger partial charge in [-0.2, -0.15) is 5.10 Å². The summed E-state index contributed by atoms with van der Waals surface area (Å²) in [6, 6.07) is 8.30. The van der Waals surface area contributed by atoms with Crippen LogP contribution in [-0.2, 0) is 12.1 Å². The van der Waals surface area contributed by atoms with Gasteiger partial charge in [0.1, 0.15) is 29.9 Å². The number of aromatic nitrogens is 3. The standard InChI is InChI=1S/C21H19Cl2F2N3O/c1-14(3-2-4-15-5-6-16(22)9-19(15)23)21(29,11-28-13-26-12-27-28)18-8-7-17(24)10-20(18)25/h2,4-10,12-14,29H,3,11H2,1H3/b4-2+/t14-,21+/m0/s1. The van der Waals surface area contributed by atoms with E-state index in [1.807, 2.05) is 12.2 Å². The first-order valence-corrected chi connectivity index (χ1v) is 9.67. The van der Waals surface area contributed by atoms with Gasteiger partial charge in [-0.1, -0.05) is 54.4 Å². The minimum Gasteiger partial charge on any atom is -0.383 e. The van der Waals surface area contributed by atoms with Gasteiger partial charge in [-0.25, -0.2) is 18.4 Å². The van der Waals surface area contributed by atoms with Crippen molar-refractivity contribution in [1.82, 2.24) is 14.8 Å². The van der Waals surface area contributed by atoms with E-state index in [-0.39, 0.29) is 12.1 Å². The maximum atomic E-state index is 14.5. The normalized spacial score (nSPS) is 14.8. The van der Waals surface area contributed by atoms with Crippen LogP contribution in [0, 0.1) is 17.6 Å². The van der Waals surface area contributed by atoms with Crippen LogP contribution in [0.25, 0.3) is 6.08 Å². The van der Waals surface area contributed by atoms with Crippen LogP contribution in [0.3, 0.4) is 0 Å². The van der Waals surface area contributed by atoms with E-state index in [4.69, 9.17) is 23.2 Å². The lowest BCUT2D eigenvalue weighted by Crippen LogP contribution is -2.39. The third-order valence-electron chi connectivity index (χ3n) is 4.83. The van der Waals surface area contributed by atoms with Crippen LogP contribution in [-0.4, -0.2) is 19.9 Å². The van der Waals surface area contributed by atoms with E-state index in [0.717, 1.165) is 17.7 Å². The van der Waals surface area contributed by atoms with Crippen molar-refractivity contribution in [1.29, 1.82) is 0 Å². The molecule has 0 unspecified atom stereocenters. The van der Waals surface area contributed by atoms with E-state index < -0.39 is 23.2 Å². The van der Waals surface area contributed by atoms with E-state index in [1.165, 1.54) is 23.4 Å². The fourth-order valence-corrected chi connectivity index (χ4v) is 3.61. The highest BCUT2D eigenvalue weighted by molar-refractivity contribution is 6.35. The molecule has 0 saturated heterocycles. The second-order valence-corrected chi connectivity index (χ2v) is 7.69. The molecule has 0 amide bonds. The lowest BCUT2D eigenvalue weighted by Gasteiger charge is -2.34. The Bertz CT molecular complexity index is 1010. The van der Waals surface area contributed by atoms with Crippen molar-refractivity contribution in [3.63, 3.8) is 0 Å². The van der Waals surface area contributed by atoms with Crippen molar-refractivity contribution in [2.24, 2.45) is 5.92 Å². The largest absolute Gasteiger partial charge is 0.383 e. The number of allylic oxidation sites excluding steroid dienone is 1. The molecule has 2 atom stereocenters. The van der Waals surface area contributed by atoms with Gasteiger partial charge in [-0.3, -0.25) is 0 Å². The maximum absolute atomic E-state index is 14.5. The average Bonchev–Trinajstić information content (AvgIpc) is 3.16. The molecule has 0 aliphatic carbocycles. The molecule has 4 nitrogen and oxygen atoms in total. The zero-order valence-electron chi connectivity index (χ0n) is 15.6. The Balaban J connectivity index is 1.87. The SMILES string of the molecule is C[C@@H](C/C=C/c1ccc(Cl)cc1Cl)[C@](O)(Cn1cncn1)c1ccc(F)cc1F. The molecule has 0 saturated carbocycles. The van der Waals surface area contributed by atoms with Crippen LogP contribution < -0.4 is 0 Å². The Labute approximate surface area is 177 Å². The third-order valence-corrected chi connectivity index (χ3v) is 5.39. The first-order valence-electron chi connectivity index (χ1n) is 8.91. The van der Waals surface area contributed by atoms with Crippen LogP contribution >= 0.6 is 23.2 Å². The summed E-state index contributed by atoms with van der Waals surface area (Å²) >= 11 is 12.1. The number of aliphatic hydroxyl groups is 1. The summed E-state index contributed by atoms with van der Waals surface area (Å²) in [5.41, 5.74) is -0.865. The van der Waals surface area contributed by atoms with Gasteiger partial charge in [0.05, 0.1) is 6.54 Å². The second-order valence-electron chi connectivity index (χ2n) is 6.85. The highest BCUT2D eigenvalue weighted by atomic mass is 35.5. The Morgan fingerprint density at radius 3 is 2.66 bits per heavy atom. The fourth-order valence-electron chi connectivity index (χ4n) is 3.14. The Hall–Kier alpha value is -2.28. The molecule has 8 heteroatoms. The zero-order valence-corrected chi connectivity index (χ0v) is 17.1. The van der Waals surface area contributed by atoms with Crippen LogP contribution in [0.15, 0.2) is 55.1 Å². The summed E-state index contributed by atoms with van der Waals surface area (Å²) in [5.74, 6) is -1.96. The van der Waals surface area contributed by atoms with E-state index >= 15 is 0 Å². The molecule has 1 N–H and O–H groups in total. The van der Waals surface area contributed by atoms with E-state index in [9.17, 15) is 13.9 Å². The molecule has 3 rings (SSSR count). The van der Waals surface area contributed by atoms with Crippen LogP contribution in [0.2, 0.25) is 10.0 Å². The summed E-state index contributed by atoms with van der Waals surface area (Å²) in [4.78, 5) is 3.86. The predicted molar refractivity (Wildman–Crippen MR) is 110 cm³/mol. The molecule has 1 heterocycles. The molecule has 1 aromatic heterocycles. The van der Waals surface area contributed by atoms with Gasteiger partial charge in [0.25, 0.3) is 0 Å². The second kappa shape index (κ2) is 9.03. The van der Waals surface area contributed by atoms with Gasteiger partial charge in [-0.15, -0.1) is 0 Å². The molecule has 0 bridgehead atoms. The lowest BCUT2D eigenvalue weighted by molar-refractivity contribution is -0.0379. The van der Waals surface area contributed by atoms with Crippen LogP contribution in [0.5, 0.6) is 0 Å². The van der Waals surface area contributed by atoms with Crippen LogP contribution in [0.1, 0.15) is 24.5 Å². The van der Waals surface area contributed by atoms with Crippen LogP contribution in [0.4, 0.5) is 8.78 Å². The zero-order chi connectivity index (χ0) is 21.0. The highest BCUT2D eigenvalue weighted by Crippen LogP contribution is 2.36. The molecule has 0 fully saturated rings. The predicted octanol–water partition coefficient (Wildman–Crippen LogP) is 5.49. The molecule has 0 aliphatic heterocycles. The van der Waals surface area contributed by atoms with Crippen molar-refractivity contribution in [3.05, 3.63) is 87.9 Å². The van der Waals surface area contributed by atoms with Crippen molar-refractivity contribution in [3.8, 4) is 0 Å². The molecule has 0 spiro atoms. The van der Waals surface area contributed by atoms with Gasteiger partial charge in [0.15, 0.2) is 0 Å². The molecule has 152 valence electrons.